The SMILES string of the molecule is CCC(C)C(C)NC(=O)c1ccc(O)c(Cl)c1. The van der Waals surface area contributed by atoms with Crippen LogP contribution in [0.1, 0.15) is 37.6 Å². The lowest BCUT2D eigenvalue weighted by Gasteiger charge is -2.19. The summed E-state index contributed by atoms with van der Waals surface area (Å²) in [4.78, 5) is 11.9. The fourth-order valence-electron chi connectivity index (χ4n) is 1.43. The lowest BCUT2D eigenvalue weighted by Crippen LogP contribution is -2.36. The van der Waals surface area contributed by atoms with Crippen LogP contribution in [-0.2, 0) is 0 Å². The summed E-state index contributed by atoms with van der Waals surface area (Å²) >= 11 is 5.75. The monoisotopic (exact) mass is 255 g/mol. The van der Waals surface area contributed by atoms with Gasteiger partial charge in [0.2, 0.25) is 0 Å². The van der Waals surface area contributed by atoms with E-state index in [9.17, 15) is 9.90 Å². The molecule has 1 aromatic rings. The first-order valence-corrected chi connectivity index (χ1v) is 6.12. The van der Waals surface area contributed by atoms with Crippen LogP contribution < -0.4 is 5.32 Å². The normalized spacial score (nSPS) is 14.1. The quantitative estimate of drug-likeness (QED) is 0.868. The van der Waals surface area contributed by atoms with Crippen LogP contribution in [0.2, 0.25) is 5.02 Å². The molecule has 0 aliphatic rings. The number of halogens is 1. The van der Waals surface area contributed by atoms with Gasteiger partial charge in [-0.15, -0.1) is 0 Å². The maximum absolute atomic E-state index is 11.9. The van der Waals surface area contributed by atoms with Gasteiger partial charge in [0.25, 0.3) is 5.91 Å². The van der Waals surface area contributed by atoms with Crippen LogP contribution >= 0.6 is 11.6 Å². The molecule has 3 nitrogen and oxygen atoms in total. The summed E-state index contributed by atoms with van der Waals surface area (Å²) in [6, 6.07) is 4.56. The van der Waals surface area contributed by atoms with Crippen LogP contribution in [-0.4, -0.2) is 17.1 Å². The minimum Gasteiger partial charge on any atom is -0.506 e. The van der Waals surface area contributed by atoms with Gasteiger partial charge < -0.3 is 10.4 Å². The standard InChI is InChI=1S/C13H18ClNO2/c1-4-8(2)9(3)15-13(17)10-5-6-12(16)11(14)7-10/h5-9,16H,4H2,1-3H3,(H,15,17). The Morgan fingerprint density at radius 2 is 2.12 bits per heavy atom. The van der Waals surface area contributed by atoms with Gasteiger partial charge in [0, 0.05) is 11.6 Å². The average Bonchev–Trinajstić information content (AvgIpc) is 2.31. The second-order valence-corrected chi connectivity index (χ2v) is 4.72. The molecule has 0 aliphatic heterocycles. The van der Waals surface area contributed by atoms with E-state index in [1.165, 1.54) is 12.1 Å². The Balaban J connectivity index is 2.73. The molecule has 4 heteroatoms. The summed E-state index contributed by atoms with van der Waals surface area (Å²) in [5.74, 6) is 0.240. The molecule has 1 aromatic carbocycles. The van der Waals surface area contributed by atoms with E-state index in [1.54, 1.807) is 6.07 Å². The number of amides is 1. The summed E-state index contributed by atoms with van der Waals surface area (Å²) in [7, 11) is 0. The molecule has 0 bridgehead atoms. The Kier molecular flexibility index (Phi) is 4.82. The van der Waals surface area contributed by atoms with Crippen molar-refractivity contribution in [2.45, 2.75) is 33.2 Å². The van der Waals surface area contributed by atoms with Crippen molar-refractivity contribution in [3.63, 3.8) is 0 Å². The van der Waals surface area contributed by atoms with Gasteiger partial charge in [-0.05, 0) is 31.0 Å². The van der Waals surface area contributed by atoms with Gasteiger partial charge >= 0.3 is 0 Å². The number of hydrogen-bond donors (Lipinski definition) is 2. The second-order valence-electron chi connectivity index (χ2n) is 4.31. The fourth-order valence-corrected chi connectivity index (χ4v) is 1.61. The average molecular weight is 256 g/mol. The van der Waals surface area contributed by atoms with Crippen LogP contribution in [0, 0.1) is 5.92 Å². The van der Waals surface area contributed by atoms with Gasteiger partial charge in [-0.1, -0.05) is 31.9 Å². The summed E-state index contributed by atoms with van der Waals surface area (Å²) < 4.78 is 0. The number of phenolic OH excluding ortho intramolecular Hbond substituents is 1. The van der Waals surface area contributed by atoms with E-state index < -0.39 is 0 Å². The zero-order valence-corrected chi connectivity index (χ0v) is 11.1. The molecular formula is C13H18ClNO2. The van der Waals surface area contributed by atoms with E-state index in [0.29, 0.717) is 11.5 Å². The number of phenols is 1. The maximum Gasteiger partial charge on any atom is 0.251 e. The molecule has 0 radical (unpaired) electrons. The van der Waals surface area contributed by atoms with Gasteiger partial charge in [-0.2, -0.15) is 0 Å². The van der Waals surface area contributed by atoms with E-state index in [1.807, 2.05) is 6.92 Å². The third-order valence-corrected chi connectivity index (χ3v) is 3.37. The Labute approximate surface area is 107 Å². The summed E-state index contributed by atoms with van der Waals surface area (Å²) in [6.07, 6.45) is 1.01. The number of nitrogens with one attached hydrogen (secondary N) is 1. The smallest absolute Gasteiger partial charge is 0.251 e. The third-order valence-electron chi connectivity index (χ3n) is 3.07. The summed E-state index contributed by atoms with van der Waals surface area (Å²) in [5.41, 5.74) is 0.461. The highest BCUT2D eigenvalue weighted by atomic mass is 35.5. The van der Waals surface area contributed by atoms with Crippen molar-refractivity contribution in [3.8, 4) is 5.75 Å². The molecule has 2 N–H and O–H groups in total. The molecule has 0 aliphatic carbocycles. The highest BCUT2D eigenvalue weighted by molar-refractivity contribution is 6.32. The number of hydrogen-bond acceptors (Lipinski definition) is 2. The number of carbonyl (C=O) groups excluding carboxylic acids is 1. The van der Waals surface area contributed by atoms with Crippen molar-refractivity contribution in [1.82, 2.24) is 5.32 Å². The Morgan fingerprint density at radius 3 is 2.65 bits per heavy atom. The maximum atomic E-state index is 11.9. The lowest BCUT2D eigenvalue weighted by atomic mass is 10.0. The molecule has 2 atom stereocenters. The molecular weight excluding hydrogens is 238 g/mol. The van der Waals surface area contributed by atoms with Crippen molar-refractivity contribution in [2.75, 3.05) is 0 Å². The van der Waals surface area contributed by atoms with Crippen molar-refractivity contribution < 1.29 is 9.90 Å². The Bertz CT molecular complexity index is 406. The third kappa shape index (κ3) is 3.63. The molecule has 1 rings (SSSR count). The van der Waals surface area contributed by atoms with Gasteiger partial charge in [0.1, 0.15) is 5.75 Å². The first-order chi connectivity index (χ1) is 7.95. The molecule has 94 valence electrons. The van der Waals surface area contributed by atoms with Crippen molar-refractivity contribution >= 4 is 17.5 Å². The Hall–Kier alpha value is -1.22. The molecule has 0 aromatic heterocycles. The van der Waals surface area contributed by atoms with Crippen molar-refractivity contribution in [2.24, 2.45) is 5.92 Å². The van der Waals surface area contributed by atoms with Gasteiger partial charge in [-0.3, -0.25) is 4.79 Å². The lowest BCUT2D eigenvalue weighted by molar-refractivity contribution is 0.0928. The fraction of sp³-hybridized carbons (Fsp3) is 0.462. The van der Waals surface area contributed by atoms with Crippen LogP contribution in [0.25, 0.3) is 0 Å². The van der Waals surface area contributed by atoms with Crippen LogP contribution in [0.15, 0.2) is 18.2 Å². The number of carbonyl (C=O) groups is 1. The molecule has 0 saturated carbocycles. The molecule has 0 saturated heterocycles. The van der Waals surface area contributed by atoms with E-state index in [0.717, 1.165) is 6.42 Å². The largest absolute Gasteiger partial charge is 0.506 e. The predicted molar refractivity (Wildman–Crippen MR) is 69.5 cm³/mol. The van der Waals surface area contributed by atoms with Gasteiger partial charge in [0.05, 0.1) is 5.02 Å². The van der Waals surface area contributed by atoms with E-state index in [2.05, 4.69) is 19.2 Å². The summed E-state index contributed by atoms with van der Waals surface area (Å²) in [5, 5.41) is 12.4. The zero-order chi connectivity index (χ0) is 13.0. The first-order valence-electron chi connectivity index (χ1n) is 5.75. The predicted octanol–water partition coefficient (Wildman–Crippen LogP) is 3.21. The minimum atomic E-state index is -0.167. The molecule has 1 amide bonds. The molecule has 17 heavy (non-hydrogen) atoms. The zero-order valence-electron chi connectivity index (χ0n) is 10.3. The van der Waals surface area contributed by atoms with Crippen LogP contribution in [0.3, 0.4) is 0 Å². The second kappa shape index (κ2) is 5.92. The molecule has 0 heterocycles. The van der Waals surface area contributed by atoms with Gasteiger partial charge in [-0.25, -0.2) is 0 Å². The molecule has 0 spiro atoms. The van der Waals surface area contributed by atoms with E-state index in [-0.39, 0.29) is 22.7 Å². The first kappa shape index (κ1) is 13.8. The van der Waals surface area contributed by atoms with Crippen LogP contribution in [0.5, 0.6) is 5.75 Å². The van der Waals surface area contributed by atoms with E-state index >= 15 is 0 Å². The minimum absolute atomic E-state index is 0.0156. The van der Waals surface area contributed by atoms with Crippen LogP contribution in [0.4, 0.5) is 0 Å². The highest BCUT2D eigenvalue weighted by Gasteiger charge is 2.15. The topological polar surface area (TPSA) is 49.3 Å². The molecule has 2 unspecified atom stereocenters. The number of rotatable bonds is 4. The highest BCUT2D eigenvalue weighted by Crippen LogP contribution is 2.23. The van der Waals surface area contributed by atoms with Gasteiger partial charge in [0.15, 0.2) is 0 Å². The Morgan fingerprint density at radius 1 is 1.47 bits per heavy atom. The molecule has 0 fully saturated rings. The summed E-state index contributed by atoms with van der Waals surface area (Å²) in [6.45, 7) is 6.16. The van der Waals surface area contributed by atoms with Crippen molar-refractivity contribution in [1.29, 1.82) is 0 Å². The van der Waals surface area contributed by atoms with E-state index in [4.69, 9.17) is 11.6 Å². The number of benzene rings is 1. The number of aromatic hydroxyl groups is 1. The van der Waals surface area contributed by atoms with Crippen molar-refractivity contribution in [3.05, 3.63) is 28.8 Å².